The number of hydrogen-bond donors (Lipinski definition) is 3. The number of benzene rings is 1. The number of aromatic nitrogens is 4. The molecule has 1 aliphatic rings. The van der Waals surface area contributed by atoms with Crippen LogP contribution in [0.3, 0.4) is 0 Å². The normalized spacial score (nSPS) is 13.6. The van der Waals surface area contributed by atoms with E-state index in [2.05, 4.69) is 31.0 Å². The molecule has 14 nitrogen and oxygen atoms in total. The minimum absolute atomic E-state index is 0.0628. The number of hydrogen-bond acceptors (Lipinski definition) is 9. The van der Waals surface area contributed by atoms with Crippen molar-refractivity contribution in [1.82, 2.24) is 25.1 Å². The second-order valence-corrected chi connectivity index (χ2v) is 13.7. The van der Waals surface area contributed by atoms with Crippen LogP contribution in [0.2, 0.25) is 0 Å². The van der Waals surface area contributed by atoms with Crippen molar-refractivity contribution >= 4 is 46.2 Å². The van der Waals surface area contributed by atoms with E-state index in [1.54, 1.807) is 84.7 Å². The number of rotatable bonds is 5. The Hall–Kier alpha value is -5.47. The third-order valence-electron chi connectivity index (χ3n) is 7.40. The molecular weight excluding hydrogens is 635 g/mol. The van der Waals surface area contributed by atoms with Gasteiger partial charge < -0.3 is 19.5 Å². The van der Waals surface area contributed by atoms with Gasteiger partial charge in [-0.3, -0.25) is 20.2 Å². The van der Waals surface area contributed by atoms with Crippen LogP contribution in [0.4, 0.5) is 36.0 Å². The van der Waals surface area contributed by atoms with E-state index in [0.717, 1.165) is 5.56 Å². The number of halogens is 1. The Kier molecular flexibility index (Phi) is 9.39. The fourth-order valence-electron chi connectivity index (χ4n) is 5.27. The first-order chi connectivity index (χ1) is 22.9. The average Bonchev–Trinajstić information content (AvgIpc) is 3.43. The van der Waals surface area contributed by atoms with Crippen molar-refractivity contribution in [2.75, 3.05) is 28.7 Å². The largest absolute Gasteiger partial charge is 0.474 e. The first kappa shape index (κ1) is 34.9. The highest BCUT2D eigenvalue weighted by Gasteiger charge is 2.32. The molecule has 15 heteroatoms. The van der Waals surface area contributed by atoms with E-state index < -0.39 is 35.2 Å². The van der Waals surface area contributed by atoms with Crippen LogP contribution in [-0.2, 0) is 16.5 Å². The minimum Gasteiger partial charge on any atom is -0.474 e. The van der Waals surface area contributed by atoms with E-state index in [0.29, 0.717) is 22.2 Å². The molecule has 0 radical (unpaired) electrons. The smallest absolute Gasteiger partial charge is 0.415 e. The van der Waals surface area contributed by atoms with Gasteiger partial charge in [-0.15, -0.1) is 0 Å². The highest BCUT2D eigenvalue weighted by molar-refractivity contribution is 6.05. The van der Waals surface area contributed by atoms with Gasteiger partial charge in [0.2, 0.25) is 5.88 Å². The number of ether oxygens (including phenoxy) is 3. The third kappa shape index (κ3) is 7.99. The Balaban J connectivity index is 1.57. The van der Waals surface area contributed by atoms with Gasteiger partial charge in [-0.2, -0.15) is 5.10 Å². The zero-order valence-corrected chi connectivity index (χ0v) is 29.0. The lowest BCUT2D eigenvalue weighted by molar-refractivity contribution is 0.0564. The van der Waals surface area contributed by atoms with Gasteiger partial charge in [0.25, 0.3) is 0 Å². The number of fused-ring (bicyclic) bond motifs is 2. The molecule has 4 heterocycles. The van der Waals surface area contributed by atoms with Crippen LogP contribution < -0.4 is 25.6 Å². The second kappa shape index (κ2) is 13.2. The lowest BCUT2D eigenvalue weighted by Gasteiger charge is -2.32. The maximum Gasteiger partial charge on any atom is 0.415 e. The van der Waals surface area contributed by atoms with Crippen molar-refractivity contribution in [3.8, 4) is 17.0 Å². The summed E-state index contributed by atoms with van der Waals surface area (Å²) in [6.45, 7) is 14.3. The van der Waals surface area contributed by atoms with Crippen molar-refractivity contribution in [1.29, 1.82) is 0 Å². The van der Waals surface area contributed by atoms with Gasteiger partial charge in [-0.05, 0) is 78.5 Å². The molecule has 49 heavy (non-hydrogen) atoms. The molecule has 5 rings (SSSR count). The van der Waals surface area contributed by atoms with Gasteiger partial charge in [0.1, 0.15) is 29.3 Å². The summed E-state index contributed by atoms with van der Waals surface area (Å²) in [6, 6.07) is 2.26. The Morgan fingerprint density at radius 2 is 1.69 bits per heavy atom. The van der Waals surface area contributed by atoms with Crippen molar-refractivity contribution in [3.05, 3.63) is 53.9 Å². The summed E-state index contributed by atoms with van der Waals surface area (Å²) in [5, 5.41) is 12.9. The number of anilines is 3. The minimum atomic E-state index is -0.874. The summed E-state index contributed by atoms with van der Waals surface area (Å²) in [5.74, 6) is -0.405. The van der Waals surface area contributed by atoms with Crippen molar-refractivity contribution in [2.24, 2.45) is 7.05 Å². The molecule has 0 fully saturated rings. The van der Waals surface area contributed by atoms with Crippen molar-refractivity contribution < 1.29 is 33.0 Å². The fourth-order valence-corrected chi connectivity index (χ4v) is 5.27. The maximum absolute atomic E-state index is 16.6. The monoisotopic (exact) mass is 676 g/mol. The summed E-state index contributed by atoms with van der Waals surface area (Å²) in [6.07, 6.45) is 4.78. The van der Waals surface area contributed by atoms with E-state index in [1.165, 1.54) is 17.3 Å². The fraction of sp³-hybridized carbons (Fsp3) is 0.412. The predicted molar refractivity (Wildman–Crippen MR) is 182 cm³/mol. The van der Waals surface area contributed by atoms with Crippen LogP contribution in [0.5, 0.6) is 5.88 Å². The molecule has 0 saturated carbocycles. The molecule has 1 unspecified atom stereocenters. The molecular formula is C34H41FN8O6. The van der Waals surface area contributed by atoms with E-state index in [-0.39, 0.29) is 47.5 Å². The maximum atomic E-state index is 16.6. The van der Waals surface area contributed by atoms with Gasteiger partial charge in [-0.25, -0.2) is 28.7 Å². The Morgan fingerprint density at radius 1 is 0.980 bits per heavy atom. The van der Waals surface area contributed by atoms with Crippen LogP contribution in [-0.4, -0.2) is 62.3 Å². The van der Waals surface area contributed by atoms with Crippen LogP contribution in [0.1, 0.15) is 65.6 Å². The lowest BCUT2D eigenvalue weighted by atomic mass is 9.96. The first-order valence-corrected chi connectivity index (χ1v) is 15.7. The summed E-state index contributed by atoms with van der Waals surface area (Å²) >= 11 is 0. The van der Waals surface area contributed by atoms with Crippen LogP contribution in [0.15, 0.2) is 36.9 Å². The molecule has 1 atom stereocenters. The molecule has 0 bridgehead atoms. The molecule has 4 aromatic rings. The molecule has 0 aliphatic carbocycles. The number of aryl methyl sites for hydroxylation is 1. The zero-order chi connectivity index (χ0) is 35.8. The van der Waals surface area contributed by atoms with Crippen molar-refractivity contribution in [3.63, 3.8) is 0 Å². The molecule has 0 saturated heterocycles. The number of carbonyl (C=O) groups is 3. The Bertz CT molecular complexity index is 1930. The predicted octanol–water partition coefficient (Wildman–Crippen LogP) is 6.84. The molecule has 1 aromatic carbocycles. The highest BCUT2D eigenvalue weighted by atomic mass is 19.1. The van der Waals surface area contributed by atoms with Crippen molar-refractivity contribution in [2.45, 2.75) is 72.6 Å². The van der Waals surface area contributed by atoms with Gasteiger partial charge in [0, 0.05) is 47.7 Å². The number of nitrogens with zero attached hydrogens (tertiary/aromatic N) is 5. The molecule has 3 N–H and O–H groups in total. The summed E-state index contributed by atoms with van der Waals surface area (Å²) in [7, 11) is 1.78. The van der Waals surface area contributed by atoms with Gasteiger partial charge in [-0.1, -0.05) is 0 Å². The average molecular weight is 677 g/mol. The van der Waals surface area contributed by atoms with E-state index in [4.69, 9.17) is 14.2 Å². The highest BCUT2D eigenvalue weighted by Crippen LogP contribution is 2.42. The molecule has 3 aromatic heterocycles. The van der Waals surface area contributed by atoms with Gasteiger partial charge in [0.05, 0.1) is 24.5 Å². The Labute approximate surface area is 283 Å². The number of pyridine rings is 2. The van der Waals surface area contributed by atoms with Gasteiger partial charge in [0.15, 0.2) is 5.82 Å². The topological polar surface area (TPSA) is 162 Å². The zero-order valence-electron chi connectivity index (χ0n) is 29.0. The molecule has 4 amide bonds. The standard InChI is InChI=1S/C34H41FN8O6/c1-18-23(15-37-29-28(18)43(10-11-47-29)32(46)49-34(6,7)8)22-12-20-13-25(40-30(44)39-19(2)21-14-38-42(9)17-21)36-16-24(20)27(26(22)35)41-31(45)48-33(3,4)5/h12-17,19H,10-11H2,1-9H3,(H,41,45)(H2,36,39,40,44). The van der Waals surface area contributed by atoms with Gasteiger partial charge >= 0.3 is 18.2 Å². The van der Waals surface area contributed by atoms with E-state index in [9.17, 15) is 14.4 Å². The summed E-state index contributed by atoms with van der Waals surface area (Å²) in [5.41, 5.74) is 0.248. The lowest BCUT2D eigenvalue weighted by Crippen LogP contribution is -2.42. The number of nitrogens with one attached hydrogen (secondary N) is 3. The number of urea groups is 1. The molecule has 0 spiro atoms. The first-order valence-electron chi connectivity index (χ1n) is 15.7. The van der Waals surface area contributed by atoms with Crippen LogP contribution >= 0.6 is 0 Å². The van der Waals surface area contributed by atoms with E-state index in [1.807, 2.05) is 6.92 Å². The SMILES string of the molecule is Cc1c(-c2cc3cc(NC(=O)NC(C)c4cnn(C)c4)ncc3c(NC(=O)OC(C)(C)C)c2F)cnc2c1N(C(=O)OC(C)(C)C)CCO2. The number of amides is 4. The third-order valence-corrected chi connectivity index (χ3v) is 7.40. The number of carbonyl (C=O) groups excluding carboxylic acids is 3. The summed E-state index contributed by atoms with van der Waals surface area (Å²) < 4.78 is 35.1. The summed E-state index contributed by atoms with van der Waals surface area (Å²) in [4.78, 5) is 49.2. The van der Waals surface area contributed by atoms with Crippen LogP contribution in [0.25, 0.3) is 21.9 Å². The Morgan fingerprint density at radius 3 is 2.35 bits per heavy atom. The molecule has 1 aliphatic heterocycles. The molecule has 260 valence electrons. The second-order valence-electron chi connectivity index (χ2n) is 13.7. The quantitative estimate of drug-likeness (QED) is 0.205. The van der Waals surface area contributed by atoms with Crippen LogP contribution in [0, 0.1) is 12.7 Å². The van der Waals surface area contributed by atoms with E-state index >= 15 is 4.39 Å².